The van der Waals surface area contributed by atoms with E-state index in [1.54, 1.807) is 0 Å². The molecule has 1 fully saturated rings. The van der Waals surface area contributed by atoms with E-state index in [4.69, 9.17) is 0 Å². The van der Waals surface area contributed by atoms with Crippen LogP contribution >= 0.6 is 0 Å². The summed E-state index contributed by atoms with van der Waals surface area (Å²) in [4.78, 5) is 20.1. The molecule has 1 aliphatic heterocycles. The van der Waals surface area contributed by atoms with Crippen LogP contribution in [0.5, 0.6) is 0 Å². The SMILES string of the molecule is O=C(Nc1ccc(F)c(F)c1)c1ccnc(NC2CCS(=O)(=O)C2)n1. The van der Waals surface area contributed by atoms with Gasteiger partial charge in [0.15, 0.2) is 21.5 Å². The number of sulfone groups is 1. The second-order valence-electron chi connectivity index (χ2n) is 5.59. The van der Waals surface area contributed by atoms with Crippen LogP contribution in [-0.4, -0.2) is 41.8 Å². The Labute approximate surface area is 142 Å². The summed E-state index contributed by atoms with van der Waals surface area (Å²) in [5.74, 6) is -2.51. The van der Waals surface area contributed by atoms with Crippen LogP contribution in [0.4, 0.5) is 20.4 Å². The molecular weight excluding hydrogens is 354 g/mol. The predicted molar refractivity (Wildman–Crippen MR) is 87.0 cm³/mol. The number of nitrogens with one attached hydrogen (secondary N) is 2. The van der Waals surface area contributed by atoms with Crippen LogP contribution < -0.4 is 10.6 Å². The summed E-state index contributed by atoms with van der Waals surface area (Å²) < 4.78 is 49.0. The fourth-order valence-corrected chi connectivity index (χ4v) is 4.09. The summed E-state index contributed by atoms with van der Waals surface area (Å²) in [6.07, 6.45) is 1.79. The first kappa shape index (κ1) is 17.2. The van der Waals surface area contributed by atoms with Crippen molar-refractivity contribution in [2.75, 3.05) is 22.1 Å². The third kappa shape index (κ3) is 4.27. The molecule has 2 N–H and O–H groups in total. The molecule has 1 aliphatic rings. The molecule has 1 atom stereocenters. The van der Waals surface area contributed by atoms with Gasteiger partial charge in [-0.05, 0) is 24.6 Å². The second-order valence-corrected chi connectivity index (χ2v) is 7.82. The van der Waals surface area contributed by atoms with E-state index in [1.165, 1.54) is 18.3 Å². The molecule has 1 aromatic heterocycles. The van der Waals surface area contributed by atoms with Crippen molar-refractivity contribution in [1.82, 2.24) is 9.97 Å². The molecule has 0 bridgehead atoms. The smallest absolute Gasteiger partial charge is 0.274 e. The maximum Gasteiger partial charge on any atom is 0.274 e. The third-order valence-electron chi connectivity index (χ3n) is 3.63. The number of carbonyl (C=O) groups excluding carboxylic acids is 1. The van der Waals surface area contributed by atoms with Gasteiger partial charge in [0.05, 0.1) is 11.5 Å². The molecule has 132 valence electrons. The van der Waals surface area contributed by atoms with Crippen molar-refractivity contribution < 1.29 is 22.0 Å². The number of aromatic nitrogens is 2. The Kier molecular flexibility index (Phi) is 4.62. The van der Waals surface area contributed by atoms with E-state index in [0.29, 0.717) is 6.42 Å². The largest absolute Gasteiger partial charge is 0.350 e. The average molecular weight is 368 g/mol. The number of rotatable bonds is 4. The van der Waals surface area contributed by atoms with E-state index in [0.717, 1.165) is 12.1 Å². The van der Waals surface area contributed by atoms with Crippen LogP contribution in [0.1, 0.15) is 16.9 Å². The molecule has 1 amide bonds. The number of anilines is 2. The molecule has 1 unspecified atom stereocenters. The summed E-state index contributed by atoms with van der Waals surface area (Å²) in [7, 11) is -3.05. The Balaban J connectivity index is 1.70. The van der Waals surface area contributed by atoms with Gasteiger partial charge in [-0.1, -0.05) is 0 Å². The average Bonchev–Trinajstić information content (AvgIpc) is 2.90. The van der Waals surface area contributed by atoms with Crippen molar-refractivity contribution in [3.8, 4) is 0 Å². The van der Waals surface area contributed by atoms with E-state index in [1.807, 2.05) is 0 Å². The lowest BCUT2D eigenvalue weighted by Gasteiger charge is -2.11. The van der Waals surface area contributed by atoms with Gasteiger partial charge in [-0.3, -0.25) is 4.79 Å². The van der Waals surface area contributed by atoms with Crippen molar-refractivity contribution in [1.29, 1.82) is 0 Å². The summed E-state index contributed by atoms with van der Waals surface area (Å²) in [5.41, 5.74) is 0.0852. The first-order valence-electron chi connectivity index (χ1n) is 7.39. The van der Waals surface area contributed by atoms with Gasteiger partial charge < -0.3 is 10.6 Å². The Bertz CT molecular complexity index is 921. The maximum atomic E-state index is 13.2. The molecule has 25 heavy (non-hydrogen) atoms. The Morgan fingerprint density at radius 3 is 2.68 bits per heavy atom. The van der Waals surface area contributed by atoms with Crippen molar-refractivity contribution in [3.63, 3.8) is 0 Å². The number of amides is 1. The zero-order valence-corrected chi connectivity index (χ0v) is 13.7. The molecule has 0 aliphatic carbocycles. The van der Waals surface area contributed by atoms with Crippen molar-refractivity contribution >= 4 is 27.4 Å². The molecule has 3 rings (SSSR count). The predicted octanol–water partition coefficient (Wildman–Crippen LogP) is 1.61. The highest BCUT2D eigenvalue weighted by Crippen LogP contribution is 2.16. The summed E-state index contributed by atoms with van der Waals surface area (Å²) in [5, 5.41) is 5.28. The molecule has 2 heterocycles. The van der Waals surface area contributed by atoms with Crippen LogP contribution in [0, 0.1) is 11.6 Å². The summed E-state index contributed by atoms with van der Waals surface area (Å²) >= 11 is 0. The van der Waals surface area contributed by atoms with Gasteiger partial charge in [0.25, 0.3) is 5.91 Å². The fraction of sp³-hybridized carbons (Fsp3) is 0.267. The highest BCUT2D eigenvalue weighted by molar-refractivity contribution is 7.91. The van der Waals surface area contributed by atoms with Crippen molar-refractivity contribution in [3.05, 3.63) is 47.8 Å². The van der Waals surface area contributed by atoms with Crippen molar-refractivity contribution in [2.24, 2.45) is 0 Å². The quantitative estimate of drug-likeness (QED) is 0.850. The molecule has 7 nitrogen and oxygen atoms in total. The lowest BCUT2D eigenvalue weighted by molar-refractivity contribution is 0.102. The zero-order valence-electron chi connectivity index (χ0n) is 12.9. The van der Waals surface area contributed by atoms with Crippen LogP contribution in [0.15, 0.2) is 30.5 Å². The minimum atomic E-state index is -3.05. The van der Waals surface area contributed by atoms with E-state index in [2.05, 4.69) is 20.6 Å². The molecule has 1 aromatic carbocycles. The first-order chi connectivity index (χ1) is 11.8. The van der Waals surface area contributed by atoms with Crippen LogP contribution in [0.25, 0.3) is 0 Å². The number of halogens is 2. The van der Waals surface area contributed by atoms with E-state index < -0.39 is 27.4 Å². The highest BCUT2D eigenvalue weighted by Gasteiger charge is 2.28. The van der Waals surface area contributed by atoms with Crippen LogP contribution in [0.3, 0.4) is 0 Å². The fourth-order valence-electron chi connectivity index (χ4n) is 2.42. The normalized spacial score (nSPS) is 18.7. The molecule has 2 aromatic rings. The Morgan fingerprint density at radius 1 is 1.20 bits per heavy atom. The minimum absolute atomic E-state index is 0.00286. The van der Waals surface area contributed by atoms with E-state index in [-0.39, 0.29) is 34.9 Å². The minimum Gasteiger partial charge on any atom is -0.350 e. The zero-order chi connectivity index (χ0) is 18.0. The molecule has 0 radical (unpaired) electrons. The first-order valence-corrected chi connectivity index (χ1v) is 9.21. The van der Waals surface area contributed by atoms with Gasteiger partial charge >= 0.3 is 0 Å². The topological polar surface area (TPSA) is 101 Å². The Hall–Kier alpha value is -2.62. The monoisotopic (exact) mass is 368 g/mol. The maximum absolute atomic E-state index is 13.2. The van der Waals surface area contributed by atoms with Gasteiger partial charge in [-0.25, -0.2) is 27.2 Å². The lowest BCUT2D eigenvalue weighted by Crippen LogP contribution is -2.23. The molecule has 0 saturated carbocycles. The Morgan fingerprint density at radius 2 is 2.00 bits per heavy atom. The van der Waals surface area contributed by atoms with Gasteiger partial charge in [-0.15, -0.1) is 0 Å². The summed E-state index contributed by atoms with van der Waals surface area (Å²) in [6.45, 7) is 0. The van der Waals surface area contributed by atoms with Gasteiger partial charge in [0.2, 0.25) is 5.95 Å². The lowest BCUT2D eigenvalue weighted by atomic mass is 10.2. The molecule has 10 heteroatoms. The van der Waals surface area contributed by atoms with E-state index in [9.17, 15) is 22.0 Å². The van der Waals surface area contributed by atoms with Crippen LogP contribution in [-0.2, 0) is 9.84 Å². The number of nitrogens with zero attached hydrogens (tertiary/aromatic N) is 2. The van der Waals surface area contributed by atoms with Gasteiger partial charge in [0.1, 0.15) is 5.69 Å². The number of benzene rings is 1. The number of carbonyl (C=O) groups is 1. The number of hydrogen-bond acceptors (Lipinski definition) is 6. The number of hydrogen-bond donors (Lipinski definition) is 2. The van der Waals surface area contributed by atoms with Gasteiger partial charge in [-0.2, -0.15) is 0 Å². The molecule has 1 saturated heterocycles. The molecular formula is C15H14F2N4O3S. The highest BCUT2D eigenvalue weighted by atomic mass is 32.2. The molecule has 0 spiro atoms. The van der Waals surface area contributed by atoms with Crippen molar-refractivity contribution in [2.45, 2.75) is 12.5 Å². The van der Waals surface area contributed by atoms with E-state index >= 15 is 0 Å². The summed E-state index contributed by atoms with van der Waals surface area (Å²) in [6, 6.07) is 4.02. The van der Waals surface area contributed by atoms with Crippen LogP contribution in [0.2, 0.25) is 0 Å². The second kappa shape index (κ2) is 6.71. The van der Waals surface area contributed by atoms with Gasteiger partial charge in [0, 0.05) is 24.0 Å². The third-order valence-corrected chi connectivity index (χ3v) is 5.40. The standard InChI is InChI=1S/C15H14F2N4O3S/c16-11-2-1-9(7-12(11)17)19-14(22)13-3-5-18-15(21-13)20-10-4-6-25(23,24)8-10/h1-3,5,7,10H,4,6,8H2,(H,19,22)(H,18,20,21).